The molecule has 0 saturated carbocycles. The number of anilines is 1. The average molecular weight is 252 g/mol. The van der Waals surface area contributed by atoms with E-state index >= 15 is 0 Å². The van der Waals surface area contributed by atoms with Gasteiger partial charge in [-0.15, -0.1) is 0 Å². The number of hydrogen-bond donors (Lipinski definition) is 0. The second kappa shape index (κ2) is 4.74. The fraction of sp³-hybridized carbons (Fsp3) is 0.188. The van der Waals surface area contributed by atoms with Crippen LogP contribution in [0.1, 0.15) is 16.7 Å². The van der Waals surface area contributed by atoms with E-state index in [1.54, 1.807) is 12.1 Å². The van der Waals surface area contributed by atoms with Crippen molar-refractivity contribution in [3.05, 3.63) is 65.0 Å². The second-order valence-electron chi connectivity index (χ2n) is 4.69. The highest BCUT2D eigenvalue weighted by Crippen LogP contribution is 2.29. The van der Waals surface area contributed by atoms with E-state index in [0.29, 0.717) is 12.1 Å². The van der Waals surface area contributed by atoms with Crippen molar-refractivity contribution < 1.29 is 4.39 Å². The number of rotatable bonds is 2. The van der Waals surface area contributed by atoms with Crippen LogP contribution in [0.25, 0.3) is 0 Å². The molecular weight excluding hydrogens is 239 g/mol. The summed E-state index contributed by atoms with van der Waals surface area (Å²) in [6.45, 7) is 1.41. The van der Waals surface area contributed by atoms with Crippen molar-refractivity contribution in [2.45, 2.75) is 13.0 Å². The van der Waals surface area contributed by atoms with Gasteiger partial charge in [-0.3, -0.25) is 0 Å². The van der Waals surface area contributed by atoms with Crippen LogP contribution in [-0.4, -0.2) is 6.54 Å². The van der Waals surface area contributed by atoms with Gasteiger partial charge in [-0.2, -0.15) is 5.26 Å². The lowest BCUT2D eigenvalue weighted by Gasteiger charge is -2.19. The lowest BCUT2D eigenvalue weighted by Crippen LogP contribution is -2.20. The van der Waals surface area contributed by atoms with E-state index in [2.05, 4.69) is 17.0 Å². The van der Waals surface area contributed by atoms with Gasteiger partial charge in [0.25, 0.3) is 0 Å². The molecule has 0 saturated heterocycles. The number of halogens is 1. The van der Waals surface area contributed by atoms with Crippen LogP contribution in [-0.2, 0) is 13.0 Å². The number of fused-ring (bicyclic) bond motifs is 1. The van der Waals surface area contributed by atoms with Crippen molar-refractivity contribution in [3.8, 4) is 6.07 Å². The molecule has 0 N–H and O–H groups in total. The number of benzene rings is 2. The molecule has 2 nitrogen and oxygen atoms in total. The quantitative estimate of drug-likeness (QED) is 0.820. The molecule has 0 spiro atoms. The van der Waals surface area contributed by atoms with Crippen LogP contribution < -0.4 is 4.90 Å². The maximum Gasteiger partial charge on any atom is 0.145 e. The first-order chi connectivity index (χ1) is 9.29. The molecule has 19 heavy (non-hydrogen) atoms. The van der Waals surface area contributed by atoms with Gasteiger partial charge in [0.1, 0.15) is 11.9 Å². The molecule has 1 aliphatic rings. The van der Waals surface area contributed by atoms with Crippen molar-refractivity contribution in [2.75, 3.05) is 11.4 Å². The Balaban J connectivity index is 1.90. The first-order valence-electron chi connectivity index (χ1n) is 6.30. The Hall–Kier alpha value is -2.34. The second-order valence-corrected chi connectivity index (χ2v) is 4.69. The summed E-state index contributed by atoms with van der Waals surface area (Å²) in [6.07, 6.45) is 0.996. The molecule has 0 unspecified atom stereocenters. The van der Waals surface area contributed by atoms with E-state index in [9.17, 15) is 4.39 Å². The van der Waals surface area contributed by atoms with Gasteiger partial charge in [0.05, 0.1) is 5.56 Å². The lowest BCUT2D eigenvalue weighted by atomic mass is 10.1. The fourth-order valence-corrected chi connectivity index (χ4v) is 2.56. The molecule has 3 heteroatoms. The molecule has 2 aromatic rings. The largest absolute Gasteiger partial charge is 0.367 e. The normalized spacial score (nSPS) is 13.2. The summed E-state index contributed by atoms with van der Waals surface area (Å²) in [5.74, 6) is -0.394. The number of hydrogen-bond acceptors (Lipinski definition) is 2. The Morgan fingerprint density at radius 2 is 2.00 bits per heavy atom. The number of para-hydroxylation sites is 1. The summed E-state index contributed by atoms with van der Waals surface area (Å²) in [6, 6.07) is 15.1. The Kier molecular flexibility index (Phi) is 2.92. The molecule has 0 aliphatic carbocycles. The standard InChI is InChI=1S/C16H13FN2/c17-16-13(10-18)5-3-6-14(16)11-19-9-8-12-4-1-2-7-15(12)19/h1-7H,8-9,11H2. The summed E-state index contributed by atoms with van der Waals surface area (Å²) < 4.78 is 14.1. The molecule has 0 atom stereocenters. The number of nitriles is 1. The summed E-state index contributed by atoms with van der Waals surface area (Å²) in [5, 5.41) is 8.86. The monoisotopic (exact) mass is 252 g/mol. The Morgan fingerprint density at radius 1 is 1.16 bits per heavy atom. The SMILES string of the molecule is N#Cc1cccc(CN2CCc3ccccc32)c1F. The minimum absolute atomic E-state index is 0.116. The zero-order valence-electron chi connectivity index (χ0n) is 10.4. The molecule has 0 bridgehead atoms. The molecule has 0 aromatic heterocycles. The average Bonchev–Trinajstić information content (AvgIpc) is 2.85. The lowest BCUT2D eigenvalue weighted by molar-refractivity contribution is 0.602. The van der Waals surface area contributed by atoms with Crippen LogP contribution in [0.2, 0.25) is 0 Å². The minimum atomic E-state index is -0.394. The summed E-state index contributed by atoms with van der Waals surface area (Å²) in [7, 11) is 0. The van der Waals surface area contributed by atoms with Crippen molar-refractivity contribution in [3.63, 3.8) is 0 Å². The first kappa shape index (κ1) is 11.7. The highest BCUT2D eigenvalue weighted by molar-refractivity contribution is 5.58. The van der Waals surface area contributed by atoms with Gasteiger partial charge in [-0.1, -0.05) is 30.3 Å². The van der Waals surface area contributed by atoms with Gasteiger partial charge in [-0.25, -0.2) is 4.39 Å². The van der Waals surface area contributed by atoms with Crippen molar-refractivity contribution in [1.29, 1.82) is 5.26 Å². The van der Waals surface area contributed by atoms with E-state index in [0.717, 1.165) is 13.0 Å². The van der Waals surface area contributed by atoms with Crippen LogP contribution >= 0.6 is 0 Å². The highest BCUT2D eigenvalue weighted by atomic mass is 19.1. The minimum Gasteiger partial charge on any atom is -0.367 e. The van der Waals surface area contributed by atoms with E-state index < -0.39 is 5.82 Å². The van der Waals surface area contributed by atoms with Crippen LogP contribution in [0.3, 0.4) is 0 Å². The summed E-state index contributed by atoms with van der Waals surface area (Å²) in [5.41, 5.74) is 3.17. The summed E-state index contributed by atoms with van der Waals surface area (Å²) in [4.78, 5) is 2.16. The third-order valence-corrected chi connectivity index (χ3v) is 3.54. The first-order valence-corrected chi connectivity index (χ1v) is 6.30. The van der Waals surface area contributed by atoms with Crippen molar-refractivity contribution >= 4 is 5.69 Å². The van der Waals surface area contributed by atoms with E-state index in [1.165, 1.54) is 17.3 Å². The molecule has 94 valence electrons. The van der Waals surface area contributed by atoms with Crippen molar-refractivity contribution in [1.82, 2.24) is 0 Å². The predicted octanol–water partition coefficient (Wildman–Crippen LogP) is 3.26. The van der Waals surface area contributed by atoms with Gasteiger partial charge < -0.3 is 4.90 Å². The predicted molar refractivity (Wildman–Crippen MR) is 72.3 cm³/mol. The van der Waals surface area contributed by atoms with Crippen molar-refractivity contribution in [2.24, 2.45) is 0 Å². The molecular formula is C16H13FN2. The highest BCUT2D eigenvalue weighted by Gasteiger charge is 2.20. The molecule has 1 heterocycles. The fourth-order valence-electron chi connectivity index (χ4n) is 2.56. The Morgan fingerprint density at radius 3 is 2.84 bits per heavy atom. The zero-order valence-corrected chi connectivity index (χ0v) is 10.4. The topological polar surface area (TPSA) is 27.0 Å². The number of nitrogens with zero attached hydrogens (tertiary/aromatic N) is 2. The molecule has 2 aromatic carbocycles. The van der Waals surface area contributed by atoms with Crippen LogP contribution in [0.4, 0.5) is 10.1 Å². The molecule has 0 fully saturated rings. The molecule has 0 radical (unpaired) electrons. The summed E-state index contributed by atoms with van der Waals surface area (Å²) >= 11 is 0. The zero-order chi connectivity index (χ0) is 13.2. The Labute approximate surface area is 111 Å². The molecule has 1 aliphatic heterocycles. The van der Waals surface area contributed by atoms with Crippen LogP contribution in [0.5, 0.6) is 0 Å². The molecule has 0 amide bonds. The van der Waals surface area contributed by atoms with Gasteiger partial charge in [0.15, 0.2) is 0 Å². The van der Waals surface area contributed by atoms with Gasteiger partial charge in [0.2, 0.25) is 0 Å². The molecule has 3 rings (SSSR count). The smallest absolute Gasteiger partial charge is 0.145 e. The Bertz CT molecular complexity index is 658. The maximum absolute atomic E-state index is 14.1. The van der Waals surface area contributed by atoms with E-state index in [1.807, 2.05) is 18.2 Å². The third kappa shape index (κ3) is 2.06. The third-order valence-electron chi connectivity index (χ3n) is 3.54. The van der Waals surface area contributed by atoms with Gasteiger partial charge in [-0.05, 0) is 24.1 Å². The van der Waals surface area contributed by atoms with Crippen LogP contribution in [0.15, 0.2) is 42.5 Å². The van der Waals surface area contributed by atoms with E-state index in [-0.39, 0.29) is 5.56 Å². The van der Waals surface area contributed by atoms with Gasteiger partial charge >= 0.3 is 0 Å². The van der Waals surface area contributed by atoms with Gasteiger partial charge in [0, 0.05) is 24.3 Å². The maximum atomic E-state index is 14.1. The van der Waals surface area contributed by atoms with E-state index in [4.69, 9.17) is 5.26 Å². The van der Waals surface area contributed by atoms with Crippen LogP contribution in [0, 0.1) is 17.1 Å².